The number of carbonyl (C=O) groups excluding carboxylic acids is 2. The standard InChI is InChI=1S/C35H26F3N7O3/c1-43-18-26(31(41-43)35(36,37)38)21-14-15-30-39-33(42-44(30)17-21)40-32(46)29-16-20-8-2-7-13-28(20)45(29)34(47)48-19-27-24-11-5-3-9-22(24)23-10-4-6-12-25(23)27/h2-15,17-18,27,29H,16,19H2,1H3,(H,40,42,46)/t29-/m0/s1. The number of ether oxygens (including phenoxy) is 1. The first-order valence-electron chi connectivity index (χ1n) is 15.2. The quantitative estimate of drug-likeness (QED) is 0.230. The summed E-state index contributed by atoms with van der Waals surface area (Å²) in [5, 5.41) is 10.5. The van der Waals surface area contributed by atoms with Crippen LogP contribution in [0, 0.1) is 0 Å². The fourth-order valence-electron chi connectivity index (χ4n) is 6.68. The average molecular weight is 650 g/mol. The zero-order chi connectivity index (χ0) is 33.2. The lowest BCUT2D eigenvalue weighted by molar-refractivity contribution is -0.141. The summed E-state index contributed by atoms with van der Waals surface area (Å²) < 4.78 is 49.1. The third-order valence-electron chi connectivity index (χ3n) is 8.79. The van der Waals surface area contributed by atoms with E-state index in [1.54, 1.807) is 12.1 Å². The third kappa shape index (κ3) is 4.94. The zero-order valence-electron chi connectivity index (χ0n) is 25.3. The number of aryl methyl sites for hydroxylation is 1. The van der Waals surface area contributed by atoms with Crippen LogP contribution in [0.2, 0.25) is 0 Å². The summed E-state index contributed by atoms with van der Waals surface area (Å²) in [4.78, 5) is 33.2. The lowest BCUT2D eigenvalue weighted by Gasteiger charge is -2.25. The first kappa shape index (κ1) is 29.4. The molecule has 8 rings (SSSR count). The molecule has 3 aromatic heterocycles. The minimum atomic E-state index is -4.65. The highest BCUT2D eigenvalue weighted by Crippen LogP contribution is 2.45. The number of hydrogen-bond acceptors (Lipinski definition) is 6. The fraction of sp³-hybridized carbons (Fsp3) is 0.171. The molecule has 0 saturated carbocycles. The highest BCUT2D eigenvalue weighted by molar-refractivity contribution is 6.05. The van der Waals surface area contributed by atoms with Crippen LogP contribution in [-0.4, -0.2) is 49.0 Å². The van der Waals surface area contributed by atoms with Gasteiger partial charge in [0.15, 0.2) is 11.3 Å². The number of carbonyl (C=O) groups is 2. The Morgan fingerprint density at radius 1 is 0.875 bits per heavy atom. The number of benzene rings is 3. The van der Waals surface area contributed by atoms with Crippen molar-refractivity contribution in [2.45, 2.75) is 24.6 Å². The normalized spacial score (nSPS) is 15.3. The Balaban J connectivity index is 1.03. The molecule has 0 saturated heterocycles. The number of nitrogens with zero attached hydrogens (tertiary/aromatic N) is 6. The number of fused-ring (bicyclic) bond motifs is 5. The molecule has 1 atom stereocenters. The molecule has 2 amide bonds. The maximum atomic E-state index is 13.8. The molecule has 3 aromatic carbocycles. The molecule has 6 aromatic rings. The molecule has 13 heteroatoms. The smallest absolute Gasteiger partial charge is 0.435 e. The van der Waals surface area contributed by atoms with E-state index < -0.39 is 29.9 Å². The molecule has 2 aliphatic rings. The van der Waals surface area contributed by atoms with Gasteiger partial charge >= 0.3 is 12.3 Å². The molecule has 0 spiro atoms. The minimum absolute atomic E-state index is 0.0668. The summed E-state index contributed by atoms with van der Waals surface area (Å²) in [6, 6.07) is 25.3. The Morgan fingerprint density at radius 3 is 2.29 bits per heavy atom. The van der Waals surface area contributed by atoms with Crippen molar-refractivity contribution in [3.05, 3.63) is 120 Å². The fourth-order valence-corrected chi connectivity index (χ4v) is 6.68. The largest absolute Gasteiger partial charge is 0.448 e. The van der Waals surface area contributed by atoms with Gasteiger partial charge in [-0.15, -0.1) is 5.10 Å². The Labute approximate surface area is 271 Å². The van der Waals surface area contributed by atoms with E-state index in [0.717, 1.165) is 32.5 Å². The number of hydrogen-bond donors (Lipinski definition) is 1. The molecular formula is C35H26F3N7O3. The zero-order valence-corrected chi connectivity index (χ0v) is 25.3. The van der Waals surface area contributed by atoms with Gasteiger partial charge in [-0.1, -0.05) is 66.7 Å². The van der Waals surface area contributed by atoms with Crippen molar-refractivity contribution in [1.82, 2.24) is 24.4 Å². The van der Waals surface area contributed by atoms with Gasteiger partial charge in [-0.2, -0.15) is 23.3 Å². The van der Waals surface area contributed by atoms with Crippen LogP contribution in [0.3, 0.4) is 0 Å². The summed E-state index contributed by atoms with van der Waals surface area (Å²) in [6.07, 6.45) is -2.40. The SMILES string of the molecule is Cn1cc(-c2ccc3nc(NC(=O)[C@@H]4Cc5ccccc5N4C(=O)OCC4c5ccccc5-c5ccccc54)nn3c2)c(C(F)(F)F)n1. The molecule has 1 N–H and O–H groups in total. The van der Waals surface area contributed by atoms with E-state index in [1.807, 2.05) is 48.5 Å². The van der Waals surface area contributed by atoms with Gasteiger partial charge in [-0.25, -0.2) is 9.31 Å². The summed E-state index contributed by atoms with van der Waals surface area (Å²) in [7, 11) is 1.41. The number of rotatable bonds is 5. The van der Waals surface area contributed by atoms with Crippen molar-refractivity contribution < 1.29 is 27.5 Å². The summed E-state index contributed by atoms with van der Waals surface area (Å²) >= 11 is 0. The number of aromatic nitrogens is 5. The second-order valence-electron chi connectivity index (χ2n) is 11.7. The molecule has 1 aliphatic heterocycles. The van der Waals surface area contributed by atoms with Gasteiger partial charge in [-0.3, -0.25) is 19.7 Å². The van der Waals surface area contributed by atoms with Gasteiger partial charge in [0.05, 0.1) is 5.69 Å². The van der Waals surface area contributed by atoms with Crippen LogP contribution in [0.4, 0.5) is 29.6 Å². The Bertz CT molecular complexity index is 2200. The minimum Gasteiger partial charge on any atom is -0.448 e. The van der Waals surface area contributed by atoms with Crippen LogP contribution >= 0.6 is 0 Å². The molecule has 0 fully saturated rings. The van der Waals surface area contributed by atoms with Crippen LogP contribution in [-0.2, 0) is 29.2 Å². The van der Waals surface area contributed by atoms with Crippen molar-refractivity contribution >= 4 is 29.3 Å². The van der Waals surface area contributed by atoms with Crippen molar-refractivity contribution in [2.75, 3.05) is 16.8 Å². The average Bonchev–Trinajstić information content (AvgIpc) is 3.84. The first-order chi connectivity index (χ1) is 23.2. The van der Waals surface area contributed by atoms with Crippen LogP contribution in [0.25, 0.3) is 27.9 Å². The highest BCUT2D eigenvalue weighted by Gasteiger charge is 2.41. The van der Waals surface area contributed by atoms with Gasteiger partial charge in [0.25, 0.3) is 0 Å². The number of pyridine rings is 1. The Hall–Kier alpha value is -5.98. The Morgan fingerprint density at radius 2 is 1.56 bits per heavy atom. The number of halogens is 3. The number of amides is 2. The summed E-state index contributed by atoms with van der Waals surface area (Å²) in [5.74, 6) is -0.761. The monoisotopic (exact) mass is 649 g/mol. The lowest BCUT2D eigenvalue weighted by atomic mass is 9.98. The number of alkyl halides is 3. The molecule has 0 bridgehead atoms. The van der Waals surface area contributed by atoms with Crippen LogP contribution < -0.4 is 10.2 Å². The van der Waals surface area contributed by atoms with Crippen molar-refractivity contribution in [3.63, 3.8) is 0 Å². The molecule has 1 aliphatic carbocycles. The van der Waals surface area contributed by atoms with Crippen LogP contribution in [0.15, 0.2) is 97.3 Å². The van der Waals surface area contributed by atoms with Gasteiger partial charge in [0.1, 0.15) is 12.6 Å². The topological polar surface area (TPSA) is 107 Å². The number of anilines is 2. The van der Waals surface area contributed by atoms with Crippen LogP contribution in [0.1, 0.15) is 28.3 Å². The van der Waals surface area contributed by atoms with Crippen molar-refractivity contribution in [2.24, 2.45) is 7.05 Å². The number of nitrogens with one attached hydrogen (secondary N) is 1. The molecule has 48 heavy (non-hydrogen) atoms. The molecule has 0 radical (unpaired) electrons. The molecular weight excluding hydrogens is 623 g/mol. The second kappa shape index (κ2) is 11.1. The third-order valence-corrected chi connectivity index (χ3v) is 8.79. The van der Waals surface area contributed by atoms with Crippen molar-refractivity contribution in [3.8, 4) is 22.3 Å². The van der Waals surface area contributed by atoms with E-state index in [-0.39, 0.29) is 36.0 Å². The van der Waals surface area contributed by atoms with Crippen LogP contribution in [0.5, 0.6) is 0 Å². The van der Waals surface area contributed by atoms with Gasteiger partial charge < -0.3 is 4.74 Å². The Kier molecular flexibility index (Phi) is 6.79. The van der Waals surface area contributed by atoms with E-state index in [9.17, 15) is 22.8 Å². The van der Waals surface area contributed by atoms with Crippen molar-refractivity contribution in [1.29, 1.82) is 0 Å². The summed E-state index contributed by atoms with van der Waals surface area (Å²) in [6.45, 7) is 0.0865. The van der Waals surface area contributed by atoms with Gasteiger partial charge in [0, 0.05) is 42.9 Å². The maximum Gasteiger partial charge on any atom is 0.435 e. The van der Waals surface area contributed by atoms with E-state index in [1.165, 1.54) is 41.0 Å². The lowest BCUT2D eigenvalue weighted by Crippen LogP contribution is -2.46. The number of para-hydroxylation sites is 1. The molecule has 4 heterocycles. The highest BCUT2D eigenvalue weighted by atomic mass is 19.4. The maximum absolute atomic E-state index is 13.8. The second-order valence-corrected chi connectivity index (χ2v) is 11.7. The summed E-state index contributed by atoms with van der Waals surface area (Å²) in [5.41, 5.74) is 5.10. The van der Waals surface area contributed by atoms with E-state index in [2.05, 4.69) is 32.6 Å². The molecule has 0 unspecified atom stereocenters. The van der Waals surface area contributed by atoms with E-state index in [0.29, 0.717) is 11.3 Å². The molecule has 240 valence electrons. The first-order valence-corrected chi connectivity index (χ1v) is 15.2. The molecule has 10 nitrogen and oxygen atoms in total. The van der Waals surface area contributed by atoms with E-state index in [4.69, 9.17) is 4.74 Å². The van der Waals surface area contributed by atoms with Gasteiger partial charge in [0.2, 0.25) is 11.9 Å². The predicted molar refractivity (Wildman–Crippen MR) is 170 cm³/mol. The van der Waals surface area contributed by atoms with E-state index >= 15 is 0 Å². The predicted octanol–water partition coefficient (Wildman–Crippen LogP) is 6.47. The van der Waals surface area contributed by atoms with Gasteiger partial charge in [-0.05, 0) is 46.0 Å².